The number of nitrogens with zero attached hydrogens (tertiary/aromatic N) is 2. The lowest BCUT2D eigenvalue weighted by Gasteiger charge is -2.25. The fourth-order valence-electron chi connectivity index (χ4n) is 3.57. The zero-order chi connectivity index (χ0) is 14.0. The Balaban J connectivity index is 2.01. The first kappa shape index (κ1) is 14.3. The average Bonchev–Trinajstić information content (AvgIpc) is 2.92. The predicted octanol–water partition coefficient (Wildman–Crippen LogP) is 1.04. The van der Waals surface area contributed by atoms with Gasteiger partial charge in [0.2, 0.25) is 5.91 Å². The molecule has 0 aromatic rings. The van der Waals surface area contributed by atoms with E-state index in [0.717, 1.165) is 32.4 Å². The van der Waals surface area contributed by atoms with E-state index < -0.39 is 11.4 Å². The molecular formula is C14H24N2O3. The van der Waals surface area contributed by atoms with Gasteiger partial charge in [0.1, 0.15) is 0 Å². The molecule has 1 heterocycles. The summed E-state index contributed by atoms with van der Waals surface area (Å²) in [5.74, 6) is -0.475. The number of likely N-dealkylation sites (tertiary alicyclic amines) is 1. The minimum atomic E-state index is -0.715. The number of amides is 1. The van der Waals surface area contributed by atoms with Gasteiger partial charge >= 0.3 is 5.97 Å². The van der Waals surface area contributed by atoms with Crippen LogP contribution in [0, 0.1) is 11.3 Å². The molecule has 0 unspecified atom stereocenters. The normalized spacial score (nSPS) is 29.8. The van der Waals surface area contributed by atoms with Crippen molar-refractivity contribution in [3.8, 4) is 0 Å². The van der Waals surface area contributed by atoms with Gasteiger partial charge in [-0.05, 0) is 31.8 Å². The second kappa shape index (κ2) is 5.49. The number of aliphatic carboxylic acids is 1. The highest BCUT2D eigenvalue weighted by Gasteiger charge is 2.55. The number of rotatable bonds is 5. The summed E-state index contributed by atoms with van der Waals surface area (Å²) in [6.07, 6.45) is 2.65. The Bertz CT molecular complexity index is 368. The number of carboxylic acids is 1. The van der Waals surface area contributed by atoms with E-state index in [2.05, 4.69) is 4.90 Å². The van der Waals surface area contributed by atoms with Crippen LogP contribution in [0.1, 0.15) is 33.1 Å². The Morgan fingerprint density at radius 2 is 2.05 bits per heavy atom. The van der Waals surface area contributed by atoms with Crippen molar-refractivity contribution in [3.63, 3.8) is 0 Å². The molecule has 2 fully saturated rings. The Morgan fingerprint density at radius 1 is 1.37 bits per heavy atom. The van der Waals surface area contributed by atoms with Gasteiger partial charge < -0.3 is 10.0 Å². The highest BCUT2D eigenvalue weighted by Crippen LogP contribution is 2.48. The van der Waals surface area contributed by atoms with Crippen molar-refractivity contribution in [2.75, 3.05) is 32.7 Å². The molecule has 1 saturated heterocycles. The van der Waals surface area contributed by atoms with Gasteiger partial charge in [-0.3, -0.25) is 14.5 Å². The van der Waals surface area contributed by atoms with Crippen LogP contribution in [0.25, 0.3) is 0 Å². The zero-order valence-electron chi connectivity index (χ0n) is 11.9. The van der Waals surface area contributed by atoms with Crippen LogP contribution in [-0.4, -0.2) is 59.5 Å². The second-order valence-electron chi connectivity index (χ2n) is 5.79. The molecule has 2 atom stereocenters. The molecule has 2 rings (SSSR count). The first-order chi connectivity index (χ1) is 9.03. The summed E-state index contributed by atoms with van der Waals surface area (Å²) < 4.78 is 0. The zero-order valence-corrected chi connectivity index (χ0v) is 11.9. The van der Waals surface area contributed by atoms with Gasteiger partial charge in [0.05, 0.1) is 12.0 Å². The third kappa shape index (κ3) is 2.48. The third-order valence-corrected chi connectivity index (χ3v) is 4.90. The SMILES string of the molecule is CCN(CC)CC(=O)N1C[C@@H]2CCC[C@@]2(C(=O)O)C1. The smallest absolute Gasteiger partial charge is 0.311 e. The Kier molecular flexibility index (Phi) is 4.13. The molecule has 0 bridgehead atoms. The number of hydrogen-bond acceptors (Lipinski definition) is 3. The first-order valence-electron chi connectivity index (χ1n) is 7.27. The predicted molar refractivity (Wildman–Crippen MR) is 71.8 cm³/mol. The lowest BCUT2D eigenvalue weighted by Crippen LogP contribution is -2.41. The van der Waals surface area contributed by atoms with E-state index >= 15 is 0 Å². The first-order valence-corrected chi connectivity index (χ1v) is 7.27. The number of carbonyl (C=O) groups excluding carboxylic acids is 1. The average molecular weight is 268 g/mol. The molecule has 108 valence electrons. The maximum atomic E-state index is 12.3. The van der Waals surface area contributed by atoms with E-state index in [1.807, 2.05) is 13.8 Å². The maximum Gasteiger partial charge on any atom is 0.311 e. The molecule has 2 aliphatic rings. The second-order valence-corrected chi connectivity index (χ2v) is 5.79. The summed E-state index contributed by atoms with van der Waals surface area (Å²) in [5, 5.41) is 9.50. The Labute approximate surface area is 114 Å². The van der Waals surface area contributed by atoms with E-state index in [4.69, 9.17) is 0 Å². The van der Waals surface area contributed by atoms with Gasteiger partial charge in [-0.2, -0.15) is 0 Å². The van der Waals surface area contributed by atoms with Gasteiger partial charge in [-0.1, -0.05) is 20.3 Å². The molecule has 1 amide bonds. The van der Waals surface area contributed by atoms with Crippen LogP contribution in [0.5, 0.6) is 0 Å². The topological polar surface area (TPSA) is 60.9 Å². The highest BCUT2D eigenvalue weighted by molar-refractivity contribution is 5.82. The molecule has 0 aromatic carbocycles. The van der Waals surface area contributed by atoms with Crippen molar-refractivity contribution in [1.82, 2.24) is 9.80 Å². The minimum Gasteiger partial charge on any atom is -0.481 e. The Hall–Kier alpha value is -1.10. The summed E-state index contributed by atoms with van der Waals surface area (Å²) >= 11 is 0. The van der Waals surface area contributed by atoms with Gasteiger partial charge in [0, 0.05) is 13.1 Å². The van der Waals surface area contributed by atoms with Gasteiger partial charge in [0.15, 0.2) is 0 Å². The fourth-order valence-corrected chi connectivity index (χ4v) is 3.57. The number of carboxylic acid groups (broad SMARTS) is 1. The molecule has 19 heavy (non-hydrogen) atoms. The van der Waals surface area contributed by atoms with E-state index in [1.165, 1.54) is 0 Å². The molecule has 0 radical (unpaired) electrons. The van der Waals surface area contributed by atoms with Crippen molar-refractivity contribution in [3.05, 3.63) is 0 Å². The van der Waals surface area contributed by atoms with Crippen LogP contribution in [0.15, 0.2) is 0 Å². The van der Waals surface area contributed by atoms with Crippen LogP contribution < -0.4 is 0 Å². The van der Waals surface area contributed by atoms with Crippen molar-refractivity contribution in [2.24, 2.45) is 11.3 Å². The fraction of sp³-hybridized carbons (Fsp3) is 0.857. The monoisotopic (exact) mass is 268 g/mol. The number of carbonyl (C=O) groups is 2. The molecule has 5 heteroatoms. The molecule has 1 saturated carbocycles. The van der Waals surface area contributed by atoms with Gasteiger partial charge in [-0.25, -0.2) is 0 Å². The van der Waals surface area contributed by atoms with Gasteiger partial charge in [-0.15, -0.1) is 0 Å². The van der Waals surface area contributed by atoms with E-state index in [9.17, 15) is 14.7 Å². The molecule has 5 nitrogen and oxygen atoms in total. The summed E-state index contributed by atoms with van der Waals surface area (Å²) in [7, 11) is 0. The minimum absolute atomic E-state index is 0.0822. The van der Waals surface area contributed by atoms with E-state index in [-0.39, 0.29) is 11.8 Å². The molecule has 1 aliphatic heterocycles. The van der Waals surface area contributed by atoms with E-state index in [1.54, 1.807) is 4.90 Å². The van der Waals surface area contributed by atoms with Crippen molar-refractivity contribution < 1.29 is 14.7 Å². The lowest BCUT2D eigenvalue weighted by molar-refractivity contribution is -0.149. The molecule has 0 spiro atoms. The largest absolute Gasteiger partial charge is 0.481 e. The standard InChI is InChI=1S/C14H24N2O3/c1-3-15(4-2)9-12(17)16-8-11-6-5-7-14(11,10-16)13(18)19/h11H,3-10H2,1-2H3,(H,18,19)/t11-,14+/m0/s1. The summed E-state index contributed by atoms with van der Waals surface area (Å²) in [6.45, 7) is 7.23. The summed E-state index contributed by atoms with van der Waals surface area (Å²) in [4.78, 5) is 27.7. The number of likely N-dealkylation sites (N-methyl/N-ethyl adjacent to an activating group) is 1. The van der Waals surface area contributed by atoms with Crippen LogP contribution >= 0.6 is 0 Å². The summed E-state index contributed by atoms with van der Waals surface area (Å²) in [5.41, 5.74) is -0.654. The summed E-state index contributed by atoms with van der Waals surface area (Å²) in [6, 6.07) is 0. The molecule has 1 N–H and O–H groups in total. The van der Waals surface area contributed by atoms with Crippen molar-refractivity contribution >= 4 is 11.9 Å². The van der Waals surface area contributed by atoms with Crippen molar-refractivity contribution in [1.29, 1.82) is 0 Å². The van der Waals surface area contributed by atoms with Gasteiger partial charge in [0.25, 0.3) is 0 Å². The highest BCUT2D eigenvalue weighted by atomic mass is 16.4. The maximum absolute atomic E-state index is 12.3. The van der Waals surface area contributed by atoms with Crippen LogP contribution in [0.4, 0.5) is 0 Å². The van der Waals surface area contributed by atoms with E-state index in [0.29, 0.717) is 19.6 Å². The van der Waals surface area contributed by atoms with Crippen LogP contribution in [0.2, 0.25) is 0 Å². The van der Waals surface area contributed by atoms with Crippen LogP contribution in [0.3, 0.4) is 0 Å². The third-order valence-electron chi connectivity index (χ3n) is 4.90. The number of fused-ring (bicyclic) bond motifs is 1. The van der Waals surface area contributed by atoms with Crippen molar-refractivity contribution in [2.45, 2.75) is 33.1 Å². The molecule has 1 aliphatic carbocycles. The molecular weight excluding hydrogens is 244 g/mol. The lowest BCUT2D eigenvalue weighted by atomic mass is 9.81. The van der Waals surface area contributed by atoms with Crippen LogP contribution in [-0.2, 0) is 9.59 Å². The molecule has 0 aromatic heterocycles. The quantitative estimate of drug-likeness (QED) is 0.809. The number of hydrogen-bond donors (Lipinski definition) is 1. The Morgan fingerprint density at radius 3 is 2.58 bits per heavy atom.